The van der Waals surface area contributed by atoms with Gasteiger partial charge in [-0.1, -0.05) is 13.3 Å². The van der Waals surface area contributed by atoms with Gasteiger partial charge in [0.05, 0.1) is 0 Å². The molecular weight excluding hydrogens is 186 g/mol. The van der Waals surface area contributed by atoms with Gasteiger partial charge in [0.2, 0.25) is 0 Å². The van der Waals surface area contributed by atoms with Gasteiger partial charge in [-0.25, -0.2) is 9.97 Å². The number of aromatic nitrogens is 2. The lowest BCUT2D eigenvalue weighted by atomic mass is 10.0. The van der Waals surface area contributed by atoms with Gasteiger partial charge < -0.3 is 5.32 Å². The zero-order valence-electron chi connectivity index (χ0n) is 9.37. The van der Waals surface area contributed by atoms with Crippen molar-refractivity contribution >= 4 is 0 Å². The van der Waals surface area contributed by atoms with Gasteiger partial charge in [-0.3, -0.25) is 0 Å². The van der Waals surface area contributed by atoms with Crippen molar-refractivity contribution in [1.29, 1.82) is 0 Å². The first-order valence-corrected chi connectivity index (χ1v) is 5.91. The third-order valence-electron chi connectivity index (χ3n) is 3.05. The number of hydrogen-bond acceptors (Lipinski definition) is 3. The van der Waals surface area contributed by atoms with Gasteiger partial charge in [0.1, 0.15) is 5.82 Å². The average Bonchev–Trinajstić information content (AvgIpc) is 2.58. The van der Waals surface area contributed by atoms with Crippen LogP contribution in [0.2, 0.25) is 0 Å². The Labute approximate surface area is 91.3 Å². The fourth-order valence-corrected chi connectivity index (χ4v) is 2.00. The molecule has 1 aliphatic heterocycles. The zero-order valence-corrected chi connectivity index (χ0v) is 9.37. The molecule has 1 aliphatic rings. The van der Waals surface area contributed by atoms with Crippen LogP contribution in [0.3, 0.4) is 0 Å². The molecule has 3 heteroatoms. The van der Waals surface area contributed by atoms with Crippen LogP contribution in [0.1, 0.15) is 43.5 Å². The number of nitrogens with zero attached hydrogens (tertiary/aromatic N) is 2. The van der Waals surface area contributed by atoms with Crippen LogP contribution in [0.15, 0.2) is 12.4 Å². The molecule has 1 fully saturated rings. The molecule has 0 saturated carbocycles. The summed E-state index contributed by atoms with van der Waals surface area (Å²) in [4.78, 5) is 8.93. The predicted octanol–water partition coefficient (Wildman–Crippen LogP) is 1.90. The number of nitrogens with one attached hydrogen (secondary N) is 1. The minimum Gasteiger partial charge on any atom is -0.316 e. The summed E-state index contributed by atoms with van der Waals surface area (Å²) in [7, 11) is 0. The predicted molar refractivity (Wildman–Crippen MR) is 60.9 cm³/mol. The molecule has 1 aromatic heterocycles. The van der Waals surface area contributed by atoms with Crippen molar-refractivity contribution in [1.82, 2.24) is 15.3 Å². The summed E-state index contributed by atoms with van der Waals surface area (Å²) in [5, 5.41) is 3.44. The lowest BCUT2D eigenvalue weighted by molar-refractivity contribution is 0.576. The van der Waals surface area contributed by atoms with Crippen molar-refractivity contribution in [3.05, 3.63) is 23.8 Å². The summed E-state index contributed by atoms with van der Waals surface area (Å²) in [6.45, 7) is 4.31. The van der Waals surface area contributed by atoms with E-state index >= 15 is 0 Å². The Hall–Kier alpha value is -0.960. The molecule has 1 unspecified atom stereocenters. The van der Waals surface area contributed by atoms with Crippen molar-refractivity contribution in [2.45, 2.75) is 38.5 Å². The molecular formula is C12H19N3. The van der Waals surface area contributed by atoms with E-state index in [1.807, 2.05) is 12.4 Å². The summed E-state index contributed by atoms with van der Waals surface area (Å²) in [5.74, 6) is 1.53. The molecule has 3 nitrogen and oxygen atoms in total. The van der Waals surface area contributed by atoms with Gasteiger partial charge >= 0.3 is 0 Å². The molecule has 0 aromatic carbocycles. The van der Waals surface area contributed by atoms with Gasteiger partial charge in [-0.15, -0.1) is 0 Å². The monoisotopic (exact) mass is 205 g/mol. The maximum atomic E-state index is 4.46. The Morgan fingerprint density at radius 2 is 2.13 bits per heavy atom. The SMILES string of the molecule is CCc1cnc(C2CCCCNC2)nc1. The van der Waals surface area contributed by atoms with Crippen molar-refractivity contribution < 1.29 is 0 Å². The molecule has 2 heterocycles. The van der Waals surface area contributed by atoms with E-state index in [1.165, 1.54) is 24.8 Å². The van der Waals surface area contributed by atoms with Crippen molar-refractivity contribution in [3.63, 3.8) is 0 Å². The van der Waals surface area contributed by atoms with E-state index < -0.39 is 0 Å². The van der Waals surface area contributed by atoms with Crippen molar-refractivity contribution in [3.8, 4) is 0 Å². The molecule has 1 N–H and O–H groups in total. The smallest absolute Gasteiger partial charge is 0.132 e. The minimum absolute atomic E-state index is 0.512. The number of rotatable bonds is 2. The Kier molecular flexibility index (Phi) is 3.67. The molecule has 0 amide bonds. The Morgan fingerprint density at radius 1 is 1.33 bits per heavy atom. The molecule has 0 bridgehead atoms. The normalized spacial score (nSPS) is 22.3. The van der Waals surface area contributed by atoms with Crippen LogP contribution >= 0.6 is 0 Å². The highest BCUT2D eigenvalue weighted by molar-refractivity contribution is 5.07. The zero-order chi connectivity index (χ0) is 10.5. The molecule has 1 aromatic rings. The van der Waals surface area contributed by atoms with Gasteiger partial charge in [0.15, 0.2) is 0 Å². The largest absolute Gasteiger partial charge is 0.316 e. The first-order valence-electron chi connectivity index (χ1n) is 5.91. The van der Waals surface area contributed by atoms with E-state index in [1.54, 1.807) is 0 Å². The summed E-state index contributed by atoms with van der Waals surface area (Å²) >= 11 is 0. The summed E-state index contributed by atoms with van der Waals surface area (Å²) < 4.78 is 0. The fraction of sp³-hybridized carbons (Fsp3) is 0.667. The summed E-state index contributed by atoms with van der Waals surface area (Å²) in [5.41, 5.74) is 1.22. The second kappa shape index (κ2) is 5.21. The molecule has 82 valence electrons. The van der Waals surface area contributed by atoms with Crippen LogP contribution in [0, 0.1) is 0 Å². The number of hydrogen-bond donors (Lipinski definition) is 1. The van der Waals surface area contributed by atoms with Gasteiger partial charge in [0, 0.05) is 24.9 Å². The Bertz CT molecular complexity index is 286. The van der Waals surface area contributed by atoms with Crippen molar-refractivity contribution in [2.24, 2.45) is 0 Å². The molecule has 0 radical (unpaired) electrons. The highest BCUT2D eigenvalue weighted by Crippen LogP contribution is 2.19. The maximum absolute atomic E-state index is 4.46. The highest BCUT2D eigenvalue weighted by Gasteiger charge is 2.16. The van der Waals surface area contributed by atoms with Crippen LogP contribution in [0.4, 0.5) is 0 Å². The minimum atomic E-state index is 0.512. The maximum Gasteiger partial charge on any atom is 0.132 e. The third kappa shape index (κ3) is 2.75. The Morgan fingerprint density at radius 3 is 2.87 bits per heavy atom. The fourth-order valence-electron chi connectivity index (χ4n) is 2.00. The molecule has 1 atom stereocenters. The molecule has 1 saturated heterocycles. The average molecular weight is 205 g/mol. The molecule has 0 spiro atoms. The molecule has 15 heavy (non-hydrogen) atoms. The van der Waals surface area contributed by atoms with Gasteiger partial charge in [0.25, 0.3) is 0 Å². The van der Waals surface area contributed by atoms with Crippen molar-refractivity contribution in [2.75, 3.05) is 13.1 Å². The van der Waals surface area contributed by atoms with E-state index in [9.17, 15) is 0 Å². The third-order valence-corrected chi connectivity index (χ3v) is 3.05. The second-order valence-corrected chi connectivity index (χ2v) is 4.20. The summed E-state index contributed by atoms with van der Waals surface area (Å²) in [6, 6.07) is 0. The van der Waals surface area contributed by atoms with Crippen LogP contribution in [0.25, 0.3) is 0 Å². The molecule has 2 rings (SSSR count). The summed E-state index contributed by atoms with van der Waals surface area (Å²) in [6.07, 6.45) is 8.74. The molecule has 0 aliphatic carbocycles. The first kappa shape index (κ1) is 10.6. The topological polar surface area (TPSA) is 37.8 Å². The first-order chi connectivity index (χ1) is 7.40. The van der Waals surface area contributed by atoms with E-state index in [4.69, 9.17) is 0 Å². The van der Waals surface area contributed by atoms with Crippen LogP contribution < -0.4 is 5.32 Å². The Balaban J connectivity index is 2.06. The van der Waals surface area contributed by atoms with E-state index in [2.05, 4.69) is 22.2 Å². The standard InChI is InChI=1S/C12H19N3/c1-2-10-7-14-12(15-8-10)11-5-3-4-6-13-9-11/h7-8,11,13H,2-6,9H2,1H3. The lowest BCUT2D eigenvalue weighted by Crippen LogP contribution is -2.20. The van der Waals surface area contributed by atoms with Gasteiger partial charge in [-0.2, -0.15) is 0 Å². The highest BCUT2D eigenvalue weighted by atomic mass is 14.9. The lowest BCUT2D eigenvalue weighted by Gasteiger charge is -2.12. The van der Waals surface area contributed by atoms with E-state index in [-0.39, 0.29) is 0 Å². The van der Waals surface area contributed by atoms with E-state index in [0.717, 1.165) is 25.3 Å². The second-order valence-electron chi connectivity index (χ2n) is 4.20. The van der Waals surface area contributed by atoms with Gasteiger partial charge in [-0.05, 0) is 31.4 Å². The van der Waals surface area contributed by atoms with E-state index in [0.29, 0.717) is 5.92 Å². The van der Waals surface area contributed by atoms with Crippen LogP contribution in [-0.4, -0.2) is 23.1 Å². The van der Waals surface area contributed by atoms with Crippen LogP contribution in [0.5, 0.6) is 0 Å². The quantitative estimate of drug-likeness (QED) is 0.801. The number of aryl methyl sites for hydroxylation is 1. The van der Waals surface area contributed by atoms with Crippen LogP contribution in [-0.2, 0) is 6.42 Å².